The van der Waals surface area contributed by atoms with Gasteiger partial charge in [-0.05, 0) is 12.1 Å². The molecule has 1 heterocycles. The van der Waals surface area contributed by atoms with Crippen LogP contribution in [0.2, 0.25) is 0 Å². The van der Waals surface area contributed by atoms with Gasteiger partial charge in [-0.15, -0.1) is 0 Å². The molecule has 0 aliphatic carbocycles. The number of fused-ring (bicyclic) bond motifs is 1. The SMILES string of the molecule is CC(=O)Oc1c(C(=O)c2ccccc2)n(C)c2ccccc12. The third-order valence-corrected chi connectivity index (χ3v) is 3.56. The Kier molecular flexibility index (Phi) is 3.51. The summed E-state index contributed by atoms with van der Waals surface area (Å²) in [6.45, 7) is 1.33. The summed E-state index contributed by atoms with van der Waals surface area (Å²) in [6, 6.07) is 16.4. The molecule has 0 N–H and O–H groups in total. The number of ether oxygens (including phenoxy) is 1. The number of carbonyl (C=O) groups is 2. The fourth-order valence-electron chi connectivity index (χ4n) is 2.59. The number of para-hydroxylation sites is 1. The molecule has 110 valence electrons. The molecule has 0 spiro atoms. The number of nitrogens with zero attached hydrogens (tertiary/aromatic N) is 1. The molecule has 4 nitrogen and oxygen atoms in total. The Morgan fingerprint density at radius 2 is 1.59 bits per heavy atom. The van der Waals surface area contributed by atoms with Crippen LogP contribution in [0.5, 0.6) is 5.75 Å². The standard InChI is InChI=1S/C18H15NO3/c1-12(20)22-18-14-10-6-7-11-15(14)19(2)16(18)17(21)13-8-4-3-5-9-13/h3-11H,1-2H3. The van der Waals surface area contributed by atoms with Crippen LogP contribution in [0.15, 0.2) is 54.6 Å². The molecule has 0 saturated heterocycles. The maximum atomic E-state index is 12.8. The van der Waals surface area contributed by atoms with E-state index in [1.165, 1.54) is 6.92 Å². The highest BCUT2D eigenvalue weighted by atomic mass is 16.5. The molecule has 0 aliphatic heterocycles. The molecule has 0 unspecified atom stereocenters. The van der Waals surface area contributed by atoms with Crippen molar-refractivity contribution in [3.05, 3.63) is 65.9 Å². The molecule has 0 saturated carbocycles. The Balaban J connectivity index is 2.26. The topological polar surface area (TPSA) is 48.3 Å². The molecule has 3 rings (SSSR count). The van der Waals surface area contributed by atoms with E-state index in [1.54, 1.807) is 35.9 Å². The van der Waals surface area contributed by atoms with E-state index in [4.69, 9.17) is 4.74 Å². The lowest BCUT2D eigenvalue weighted by atomic mass is 10.1. The van der Waals surface area contributed by atoms with Gasteiger partial charge in [-0.3, -0.25) is 9.59 Å². The Bertz CT molecular complexity index is 863. The largest absolute Gasteiger partial charge is 0.424 e. The highest BCUT2D eigenvalue weighted by Crippen LogP contribution is 2.34. The molecule has 22 heavy (non-hydrogen) atoms. The monoisotopic (exact) mass is 293 g/mol. The molecule has 0 amide bonds. The number of benzene rings is 2. The minimum atomic E-state index is -0.446. The van der Waals surface area contributed by atoms with Crippen LogP contribution >= 0.6 is 0 Å². The van der Waals surface area contributed by atoms with Gasteiger partial charge in [0.05, 0.1) is 5.52 Å². The molecule has 1 aromatic heterocycles. The second-order valence-corrected chi connectivity index (χ2v) is 5.04. The maximum Gasteiger partial charge on any atom is 0.308 e. The molecule has 0 radical (unpaired) electrons. The predicted molar refractivity (Wildman–Crippen MR) is 84.1 cm³/mol. The van der Waals surface area contributed by atoms with E-state index in [0.29, 0.717) is 17.0 Å². The van der Waals surface area contributed by atoms with E-state index in [2.05, 4.69) is 0 Å². The molecule has 0 fully saturated rings. The van der Waals surface area contributed by atoms with Crippen molar-refractivity contribution in [2.24, 2.45) is 7.05 Å². The number of aromatic nitrogens is 1. The summed E-state index contributed by atoms with van der Waals surface area (Å²) in [6.07, 6.45) is 0. The molecular formula is C18H15NO3. The highest BCUT2D eigenvalue weighted by Gasteiger charge is 2.24. The van der Waals surface area contributed by atoms with Gasteiger partial charge in [0.15, 0.2) is 5.75 Å². The normalized spacial score (nSPS) is 10.6. The number of aryl methyl sites for hydroxylation is 1. The maximum absolute atomic E-state index is 12.8. The van der Waals surface area contributed by atoms with Crippen molar-refractivity contribution in [2.75, 3.05) is 0 Å². The second-order valence-electron chi connectivity index (χ2n) is 5.04. The molecule has 3 aromatic rings. The van der Waals surface area contributed by atoms with Gasteiger partial charge < -0.3 is 9.30 Å². The summed E-state index contributed by atoms with van der Waals surface area (Å²) in [5.74, 6) is -0.298. The first-order chi connectivity index (χ1) is 10.6. The van der Waals surface area contributed by atoms with E-state index in [-0.39, 0.29) is 5.78 Å². The molecule has 0 atom stereocenters. The third kappa shape index (κ3) is 2.29. The quantitative estimate of drug-likeness (QED) is 0.549. The Hall–Kier alpha value is -2.88. The first-order valence-corrected chi connectivity index (χ1v) is 6.95. The molecule has 0 bridgehead atoms. The summed E-state index contributed by atoms with van der Waals surface area (Å²) in [5.41, 5.74) is 1.78. The first-order valence-electron chi connectivity index (χ1n) is 6.95. The zero-order valence-electron chi connectivity index (χ0n) is 12.4. The van der Waals surface area contributed by atoms with Gasteiger partial charge in [0.25, 0.3) is 0 Å². The van der Waals surface area contributed by atoms with Gasteiger partial charge in [-0.2, -0.15) is 0 Å². The summed E-state index contributed by atoms with van der Waals surface area (Å²) in [4.78, 5) is 24.3. The molecular weight excluding hydrogens is 278 g/mol. The van der Waals surface area contributed by atoms with Crippen LogP contribution in [0.1, 0.15) is 23.0 Å². The van der Waals surface area contributed by atoms with Crippen molar-refractivity contribution in [1.29, 1.82) is 0 Å². The van der Waals surface area contributed by atoms with Crippen LogP contribution in [0, 0.1) is 0 Å². The molecule has 0 aliphatic rings. The van der Waals surface area contributed by atoms with Crippen LogP contribution in [0.4, 0.5) is 0 Å². The Morgan fingerprint density at radius 3 is 2.27 bits per heavy atom. The van der Waals surface area contributed by atoms with Crippen molar-refractivity contribution in [3.63, 3.8) is 0 Å². The minimum absolute atomic E-state index is 0.171. The van der Waals surface area contributed by atoms with Gasteiger partial charge in [-0.25, -0.2) is 0 Å². The van der Waals surface area contributed by atoms with Crippen LogP contribution in [-0.4, -0.2) is 16.3 Å². The van der Waals surface area contributed by atoms with Crippen LogP contribution in [-0.2, 0) is 11.8 Å². The third-order valence-electron chi connectivity index (χ3n) is 3.56. The number of ketones is 1. The van der Waals surface area contributed by atoms with Gasteiger partial charge in [0, 0.05) is 24.9 Å². The van der Waals surface area contributed by atoms with Crippen LogP contribution in [0.3, 0.4) is 0 Å². The average Bonchev–Trinajstić information content (AvgIpc) is 2.80. The number of hydrogen-bond donors (Lipinski definition) is 0. The van der Waals surface area contributed by atoms with Crippen molar-refractivity contribution in [3.8, 4) is 5.75 Å². The lowest BCUT2D eigenvalue weighted by Gasteiger charge is -2.06. The van der Waals surface area contributed by atoms with E-state index in [0.717, 1.165) is 10.9 Å². The number of esters is 1. The van der Waals surface area contributed by atoms with Crippen LogP contribution < -0.4 is 4.74 Å². The molecule has 2 aromatic carbocycles. The van der Waals surface area contributed by atoms with E-state index < -0.39 is 5.97 Å². The smallest absolute Gasteiger partial charge is 0.308 e. The summed E-state index contributed by atoms with van der Waals surface area (Å²) in [7, 11) is 1.80. The zero-order chi connectivity index (χ0) is 15.7. The second kappa shape index (κ2) is 5.48. The highest BCUT2D eigenvalue weighted by molar-refractivity contribution is 6.14. The lowest BCUT2D eigenvalue weighted by molar-refractivity contribution is -0.131. The fourth-order valence-corrected chi connectivity index (χ4v) is 2.59. The van der Waals surface area contributed by atoms with Crippen molar-refractivity contribution in [2.45, 2.75) is 6.92 Å². The van der Waals surface area contributed by atoms with E-state index >= 15 is 0 Å². The van der Waals surface area contributed by atoms with Crippen LogP contribution in [0.25, 0.3) is 10.9 Å². The lowest BCUT2D eigenvalue weighted by Crippen LogP contribution is -2.11. The number of rotatable bonds is 3. The Labute approximate surface area is 127 Å². The van der Waals surface area contributed by atoms with Gasteiger partial charge in [0.2, 0.25) is 5.78 Å². The van der Waals surface area contributed by atoms with Gasteiger partial charge in [-0.1, -0.05) is 42.5 Å². The Morgan fingerprint density at radius 1 is 0.955 bits per heavy atom. The average molecular weight is 293 g/mol. The predicted octanol–water partition coefficient (Wildman–Crippen LogP) is 3.33. The minimum Gasteiger partial charge on any atom is -0.424 e. The van der Waals surface area contributed by atoms with Gasteiger partial charge >= 0.3 is 5.97 Å². The molecule has 4 heteroatoms. The summed E-state index contributed by atoms with van der Waals surface area (Å²) < 4.78 is 7.11. The first kappa shape index (κ1) is 14.1. The zero-order valence-corrected chi connectivity index (χ0v) is 12.4. The van der Waals surface area contributed by atoms with Crippen molar-refractivity contribution < 1.29 is 14.3 Å². The van der Waals surface area contributed by atoms with E-state index in [1.807, 2.05) is 30.3 Å². The summed E-state index contributed by atoms with van der Waals surface area (Å²) in [5, 5.41) is 0.750. The number of hydrogen-bond acceptors (Lipinski definition) is 3. The summed E-state index contributed by atoms with van der Waals surface area (Å²) >= 11 is 0. The van der Waals surface area contributed by atoms with Gasteiger partial charge in [0.1, 0.15) is 5.69 Å². The van der Waals surface area contributed by atoms with Crippen molar-refractivity contribution >= 4 is 22.7 Å². The fraction of sp³-hybridized carbons (Fsp3) is 0.111. The van der Waals surface area contributed by atoms with E-state index in [9.17, 15) is 9.59 Å². The van der Waals surface area contributed by atoms with Crippen molar-refractivity contribution in [1.82, 2.24) is 4.57 Å². The number of carbonyl (C=O) groups excluding carboxylic acids is 2.